The number of amides is 1. The van der Waals surface area contributed by atoms with Crippen LogP contribution in [0.4, 0.5) is 0 Å². The van der Waals surface area contributed by atoms with Crippen LogP contribution in [0.25, 0.3) is 0 Å². The van der Waals surface area contributed by atoms with Gasteiger partial charge in [-0.1, -0.05) is 6.92 Å². The highest BCUT2D eigenvalue weighted by atomic mass is 16.4. The Bertz CT molecular complexity index is 472. The van der Waals surface area contributed by atoms with Crippen LogP contribution in [0.2, 0.25) is 0 Å². The standard InChI is InChI=1S/C14H24N4O2/c1-4-18-6-5-17(8-11(18)3)9-12-7-10(2)13(20-12)14(19)16-15/h7,11H,4-6,8-9,15H2,1-3H3,(H,16,19). The van der Waals surface area contributed by atoms with Crippen molar-refractivity contribution in [1.29, 1.82) is 0 Å². The van der Waals surface area contributed by atoms with E-state index in [4.69, 9.17) is 10.3 Å². The van der Waals surface area contributed by atoms with E-state index in [1.807, 2.05) is 13.0 Å². The van der Waals surface area contributed by atoms with Crippen LogP contribution in [0.3, 0.4) is 0 Å². The summed E-state index contributed by atoms with van der Waals surface area (Å²) >= 11 is 0. The predicted octanol–water partition coefficient (Wildman–Crippen LogP) is 0.718. The fourth-order valence-corrected chi connectivity index (χ4v) is 2.82. The summed E-state index contributed by atoms with van der Waals surface area (Å²) in [5, 5.41) is 0. The summed E-state index contributed by atoms with van der Waals surface area (Å²) in [6.07, 6.45) is 0. The first-order chi connectivity index (χ1) is 9.55. The van der Waals surface area contributed by atoms with Crippen molar-refractivity contribution in [2.24, 2.45) is 5.84 Å². The summed E-state index contributed by atoms with van der Waals surface area (Å²) in [6, 6.07) is 2.47. The van der Waals surface area contributed by atoms with Crippen LogP contribution < -0.4 is 11.3 Å². The Labute approximate surface area is 119 Å². The van der Waals surface area contributed by atoms with E-state index >= 15 is 0 Å². The Morgan fingerprint density at radius 1 is 1.55 bits per heavy atom. The zero-order valence-corrected chi connectivity index (χ0v) is 12.5. The summed E-state index contributed by atoms with van der Waals surface area (Å²) in [6.45, 7) is 11.2. The normalized spacial score (nSPS) is 21.1. The fraction of sp³-hybridized carbons (Fsp3) is 0.643. The zero-order valence-electron chi connectivity index (χ0n) is 12.5. The molecule has 0 radical (unpaired) electrons. The predicted molar refractivity (Wildman–Crippen MR) is 77.1 cm³/mol. The lowest BCUT2D eigenvalue weighted by atomic mass is 10.2. The molecule has 20 heavy (non-hydrogen) atoms. The van der Waals surface area contributed by atoms with E-state index in [2.05, 4.69) is 29.1 Å². The molecule has 1 amide bonds. The van der Waals surface area contributed by atoms with E-state index in [1.165, 1.54) is 0 Å². The monoisotopic (exact) mass is 280 g/mol. The van der Waals surface area contributed by atoms with E-state index in [-0.39, 0.29) is 5.91 Å². The molecule has 1 aromatic heterocycles. The molecule has 1 aliphatic rings. The highest BCUT2D eigenvalue weighted by Crippen LogP contribution is 2.18. The molecule has 1 aromatic rings. The van der Waals surface area contributed by atoms with Gasteiger partial charge in [-0.15, -0.1) is 0 Å². The van der Waals surface area contributed by atoms with Gasteiger partial charge in [0.1, 0.15) is 5.76 Å². The molecular weight excluding hydrogens is 256 g/mol. The van der Waals surface area contributed by atoms with Crippen LogP contribution in [0.1, 0.15) is 35.7 Å². The maximum atomic E-state index is 11.5. The van der Waals surface area contributed by atoms with Gasteiger partial charge in [0.2, 0.25) is 0 Å². The molecule has 0 aromatic carbocycles. The van der Waals surface area contributed by atoms with E-state index in [1.54, 1.807) is 0 Å². The van der Waals surface area contributed by atoms with Crippen LogP contribution in [-0.2, 0) is 6.54 Å². The number of aryl methyl sites for hydroxylation is 1. The van der Waals surface area contributed by atoms with Gasteiger partial charge in [0.25, 0.3) is 0 Å². The number of hydrogen-bond donors (Lipinski definition) is 2. The van der Waals surface area contributed by atoms with Crippen LogP contribution >= 0.6 is 0 Å². The Morgan fingerprint density at radius 3 is 2.90 bits per heavy atom. The number of hydrazine groups is 1. The number of likely N-dealkylation sites (N-methyl/N-ethyl adjacent to an activating group) is 1. The first-order valence-corrected chi connectivity index (χ1v) is 7.11. The molecule has 112 valence electrons. The van der Waals surface area contributed by atoms with Gasteiger partial charge in [0, 0.05) is 31.2 Å². The molecule has 0 saturated carbocycles. The Kier molecular flexibility index (Phi) is 4.80. The second-order valence-electron chi connectivity index (χ2n) is 5.41. The molecular formula is C14H24N4O2. The molecule has 2 rings (SSSR count). The van der Waals surface area contributed by atoms with Crippen molar-refractivity contribution < 1.29 is 9.21 Å². The quantitative estimate of drug-likeness (QED) is 0.483. The minimum Gasteiger partial charge on any atom is -0.454 e. The zero-order chi connectivity index (χ0) is 14.7. The van der Waals surface area contributed by atoms with Crippen molar-refractivity contribution in [3.63, 3.8) is 0 Å². The van der Waals surface area contributed by atoms with Gasteiger partial charge in [-0.05, 0) is 26.5 Å². The van der Waals surface area contributed by atoms with Gasteiger partial charge < -0.3 is 4.42 Å². The molecule has 1 saturated heterocycles. The Morgan fingerprint density at radius 2 is 2.30 bits per heavy atom. The average molecular weight is 280 g/mol. The second-order valence-corrected chi connectivity index (χ2v) is 5.41. The molecule has 6 nitrogen and oxygen atoms in total. The van der Waals surface area contributed by atoms with Crippen LogP contribution in [0.5, 0.6) is 0 Å². The molecule has 6 heteroatoms. The summed E-state index contributed by atoms with van der Waals surface area (Å²) in [5.41, 5.74) is 2.93. The van der Waals surface area contributed by atoms with Crippen molar-refractivity contribution in [1.82, 2.24) is 15.2 Å². The maximum absolute atomic E-state index is 11.5. The first-order valence-electron chi connectivity index (χ1n) is 7.11. The van der Waals surface area contributed by atoms with Gasteiger partial charge in [0.05, 0.1) is 6.54 Å². The molecule has 0 bridgehead atoms. The molecule has 0 aliphatic carbocycles. The highest BCUT2D eigenvalue weighted by Gasteiger charge is 2.23. The van der Waals surface area contributed by atoms with Gasteiger partial charge in [-0.3, -0.25) is 20.0 Å². The minimum absolute atomic E-state index is 0.308. The maximum Gasteiger partial charge on any atom is 0.301 e. The second kappa shape index (κ2) is 6.39. The van der Waals surface area contributed by atoms with Gasteiger partial charge in [-0.2, -0.15) is 0 Å². The Hall–Kier alpha value is -1.37. The lowest BCUT2D eigenvalue weighted by Gasteiger charge is -2.38. The fourth-order valence-electron chi connectivity index (χ4n) is 2.82. The smallest absolute Gasteiger partial charge is 0.301 e. The molecule has 3 N–H and O–H groups in total. The van der Waals surface area contributed by atoms with Crippen molar-refractivity contribution in [3.8, 4) is 0 Å². The third-order valence-corrected chi connectivity index (χ3v) is 3.94. The van der Waals surface area contributed by atoms with Crippen molar-refractivity contribution >= 4 is 5.91 Å². The SMILES string of the molecule is CCN1CCN(Cc2cc(C)c(C(=O)NN)o2)CC1C. The Balaban J connectivity index is 1.99. The molecule has 1 fully saturated rings. The van der Waals surface area contributed by atoms with Crippen LogP contribution in [0.15, 0.2) is 10.5 Å². The minimum atomic E-state index is -0.377. The number of carbonyl (C=O) groups is 1. The average Bonchev–Trinajstić information content (AvgIpc) is 2.79. The third kappa shape index (κ3) is 3.20. The number of nitrogens with one attached hydrogen (secondary N) is 1. The number of furan rings is 1. The lowest BCUT2D eigenvalue weighted by molar-refractivity contribution is 0.0776. The molecule has 2 heterocycles. The number of piperazine rings is 1. The molecule has 1 unspecified atom stereocenters. The summed E-state index contributed by atoms with van der Waals surface area (Å²) < 4.78 is 5.61. The molecule has 0 spiro atoms. The first kappa shape index (κ1) is 15.0. The molecule has 1 aliphatic heterocycles. The number of rotatable bonds is 4. The number of nitrogens with two attached hydrogens (primary N) is 1. The van der Waals surface area contributed by atoms with Gasteiger partial charge in [0.15, 0.2) is 5.76 Å². The summed E-state index contributed by atoms with van der Waals surface area (Å²) in [5.74, 6) is 5.89. The number of carbonyl (C=O) groups excluding carboxylic acids is 1. The summed E-state index contributed by atoms with van der Waals surface area (Å²) in [7, 11) is 0. The van der Waals surface area contributed by atoms with Crippen molar-refractivity contribution in [2.75, 3.05) is 26.2 Å². The van der Waals surface area contributed by atoms with Crippen molar-refractivity contribution in [2.45, 2.75) is 33.4 Å². The largest absolute Gasteiger partial charge is 0.454 e. The van der Waals surface area contributed by atoms with E-state index in [0.29, 0.717) is 11.8 Å². The van der Waals surface area contributed by atoms with Crippen LogP contribution in [0, 0.1) is 6.92 Å². The number of hydrogen-bond acceptors (Lipinski definition) is 5. The third-order valence-electron chi connectivity index (χ3n) is 3.94. The van der Waals surface area contributed by atoms with E-state index < -0.39 is 0 Å². The summed E-state index contributed by atoms with van der Waals surface area (Å²) in [4.78, 5) is 16.4. The van der Waals surface area contributed by atoms with Gasteiger partial charge in [-0.25, -0.2) is 5.84 Å². The van der Waals surface area contributed by atoms with Crippen molar-refractivity contribution in [3.05, 3.63) is 23.2 Å². The van der Waals surface area contributed by atoms with Crippen LogP contribution in [-0.4, -0.2) is 47.9 Å². The van der Waals surface area contributed by atoms with E-state index in [9.17, 15) is 4.79 Å². The highest BCUT2D eigenvalue weighted by molar-refractivity contribution is 5.92. The molecule has 1 atom stereocenters. The topological polar surface area (TPSA) is 74.7 Å². The number of nitrogen functional groups attached to an aromatic ring is 1. The van der Waals surface area contributed by atoms with E-state index in [0.717, 1.165) is 44.0 Å². The van der Waals surface area contributed by atoms with Gasteiger partial charge >= 0.3 is 5.91 Å². The number of nitrogens with zero attached hydrogens (tertiary/aromatic N) is 2. The lowest BCUT2D eigenvalue weighted by Crippen LogP contribution is -2.51.